The first kappa shape index (κ1) is 15.4. The van der Waals surface area contributed by atoms with Gasteiger partial charge >= 0.3 is 0 Å². The minimum atomic E-state index is -3.49. The number of aryl methyl sites for hydroxylation is 2. The van der Waals surface area contributed by atoms with Crippen LogP contribution < -0.4 is 4.72 Å². The lowest BCUT2D eigenvalue weighted by Gasteiger charge is -2.07. The van der Waals surface area contributed by atoms with Crippen molar-refractivity contribution in [1.29, 1.82) is 0 Å². The van der Waals surface area contributed by atoms with Crippen LogP contribution >= 0.6 is 22.9 Å². The van der Waals surface area contributed by atoms with Gasteiger partial charge in [0.05, 0.1) is 16.1 Å². The summed E-state index contributed by atoms with van der Waals surface area (Å²) in [7, 11) is -3.49. The Balaban J connectivity index is 2.08. The van der Waals surface area contributed by atoms with Crippen LogP contribution in [0.4, 0.5) is 0 Å². The minimum absolute atomic E-state index is 0.262. The Morgan fingerprint density at radius 1 is 1.30 bits per heavy atom. The first-order valence-corrected chi connectivity index (χ1v) is 8.96. The van der Waals surface area contributed by atoms with Crippen LogP contribution in [-0.2, 0) is 23.0 Å². The molecule has 0 radical (unpaired) electrons. The molecule has 0 aliphatic rings. The molecule has 0 unspecified atom stereocenters. The van der Waals surface area contributed by atoms with E-state index in [1.807, 2.05) is 6.92 Å². The third kappa shape index (κ3) is 3.79. The molecule has 0 saturated heterocycles. The summed E-state index contributed by atoms with van der Waals surface area (Å²) in [6.45, 7) is 2.13. The molecule has 2 aromatic rings. The number of hydrogen-bond acceptors (Lipinski definition) is 4. The molecule has 0 atom stereocenters. The van der Waals surface area contributed by atoms with E-state index >= 15 is 0 Å². The summed E-state index contributed by atoms with van der Waals surface area (Å²) in [5, 5.41) is 0. The number of nitrogens with zero attached hydrogens (tertiary/aromatic N) is 1. The summed E-state index contributed by atoms with van der Waals surface area (Å²) in [6, 6.07) is 6.78. The van der Waals surface area contributed by atoms with Crippen LogP contribution in [0, 0.1) is 6.92 Å². The highest BCUT2D eigenvalue weighted by Gasteiger charge is 2.14. The molecule has 0 amide bonds. The fourth-order valence-electron chi connectivity index (χ4n) is 1.68. The predicted octanol–water partition coefficient (Wildman–Crippen LogP) is 2.71. The normalized spacial score (nSPS) is 11.7. The summed E-state index contributed by atoms with van der Waals surface area (Å²) < 4.78 is 26.9. The number of thiazole rings is 1. The highest BCUT2D eigenvalue weighted by Crippen LogP contribution is 2.15. The zero-order chi connectivity index (χ0) is 14.6. The molecule has 4 nitrogen and oxygen atoms in total. The summed E-state index contributed by atoms with van der Waals surface area (Å²) in [5.74, 6) is 0.523. The summed E-state index contributed by atoms with van der Waals surface area (Å²) in [6.07, 6.45) is 0.732. The molecule has 0 bridgehead atoms. The van der Waals surface area contributed by atoms with Crippen molar-refractivity contribution >= 4 is 33.0 Å². The summed E-state index contributed by atoms with van der Waals surface area (Å²) >= 11 is 7.09. The van der Waals surface area contributed by atoms with Crippen molar-refractivity contribution < 1.29 is 8.42 Å². The van der Waals surface area contributed by atoms with Crippen molar-refractivity contribution in [2.75, 3.05) is 5.88 Å². The Morgan fingerprint density at radius 2 is 2.00 bits per heavy atom. The van der Waals surface area contributed by atoms with Crippen LogP contribution in [0.15, 0.2) is 34.7 Å². The van der Waals surface area contributed by atoms with Crippen LogP contribution in [0.3, 0.4) is 0 Å². The van der Waals surface area contributed by atoms with Gasteiger partial charge in [-0.25, -0.2) is 18.1 Å². The molecule has 20 heavy (non-hydrogen) atoms. The van der Waals surface area contributed by atoms with Gasteiger partial charge in [-0.05, 0) is 31.0 Å². The molecule has 0 saturated carbocycles. The first-order chi connectivity index (χ1) is 9.53. The van der Waals surface area contributed by atoms with Crippen molar-refractivity contribution in [2.24, 2.45) is 0 Å². The zero-order valence-corrected chi connectivity index (χ0v) is 13.4. The summed E-state index contributed by atoms with van der Waals surface area (Å²) in [4.78, 5) is 5.28. The third-order valence-electron chi connectivity index (χ3n) is 2.88. The van der Waals surface area contributed by atoms with Gasteiger partial charge in [0.2, 0.25) is 10.0 Å². The van der Waals surface area contributed by atoms with Gasteiger partial charge in [0.1, 0.15) is 0 Å². The number of benzene rings is 1. The minimum Gasteiger partial charge on any atom is -0.250 e. The molecule has 1 aromatic heterocycles. The average Bonchev–Trinajstić information content (AvgIpc) is 2.83. The molecule has 1 aromatic carbocycles. The van der Waals surface area contributed by atoms with Crippen LogP contribution in [0.5, 0.6) is 0 Å². The van der Waals surface area contributed by atoms with E-state index in [9.17, 15) is 8.42 Å². The van der Waals surface area contributed by atoms with E-state index in [1.165, 1.54) is 11.3 Å². The molecule has 0 spiro atoms. The lowest BCUT2D eigenvalue weighted by molar-refractivity contribution is 0.581. The van der Waals surface area contributed by atoms with Gasteiger partial charge < -0.3 is 0 Å². The second-order valence-electron chi connectivity index (χ2n) is 4.27. The number of halogens is 1. The number of hydrogen-bond donors (Lipinski definition) is 1. The second kappa shape index (κ2) is 6.67. The largest absolute Gasteiger partial charge is 0.250 e. The van der Waals surface area contributed by atoms with E-state index in [4.69, 9.17) is 11.6 Å². The molecule has 2 rings (SSSR count). The molecule has 1 N–H and O–H groups in total. The Morgan fingerprint density at radius 3 is 2.55 bits per heavy atom. The zero-order valence-electron chi connectivity index (χ0n) is 11.0. The maximum atomic E-state index is 12.2. The van der Waals surface area contributed by atoms with Gasteiger partial charge in [0.15, 0.2) is 0 Å². The number of nitrogens with one attached hydrogen (secondary N) is 1. The van der Waals surface area contributed by atoms with Gasteiger partial charge in [-0.15, -0.1) is 22.9 Å². The molecular formula is C13H15ClN2O2S2. The second-order valence-corrected chi connectivity index (χ2v) is 7.35. The molecule has 7 heteroatoms. The van der Waals surface area contributed by atoms with Gasteiger partial charge in [-0.3, -0.25) is 0 Å². The molecular weight excluding hydrogens is 316 g/mol. The van der Waals surface area contributed by atoms with Gasteiger partial charge in [-0.2, -0.15) is 0 Å². The maximum Gasteiger partial charge on any atom is 0.240 e. The van der Waals surface area contributed by atoms with E-state index in [-0.39, 0.29) is 11.4 Å². The van der Waals surface area contributed by atoms with E-state index in [1.54, 1.807) is 29.8 Å². The van der Waals surface area contributed by atoms with Crippen molar-refractivity contribution in [2.45, 2.75) is 24.8 Å². The highest BCUT2D eigenvalue weighted by atomic mass is 35.5. The molecule has 1 heterocycles. The standard InChI is InChI=1S/C13H15ClN2O2S2/c1-10-13(19-9-15-10)8-16-20(17,18)12-4-2-11(3-5-12)6-7-14/h2-5,9,16H,6-8H2,1H3. The molecule has 0 fully saturated rings. The van der Waals surface area contributed by atoms with Crippen molar-refractivity contribution in [3.05, 3.63) is 45.9 Å². The Labute approximate surface area is 127 Å². The number of rotatable bonds is 6. The van der Waals surface area contributed by atoms with Gasteiger partial charge in [-0.1, -0.05) is 12.1 Å². The average molecular weight is 331 g/mol. The smallest absolute Gasteiger partial charge is 0.240 e. The third-order valence-corrected chi connectivity index (χ3v) is 5.43. The van der Waals surface area contributed by atoms with Crippen LogP contribution in [-0.4, -0.2) is 19.3 Å². The van der Waals surface area contributed by atoms with E-state index < -0.39 is 10.0 Å². The topological polar surface area (TPSA) is 59.1 Å². The lowest BCUT2D eigenvalue weighted by Crippen LogP contribution is -2.23. The van der Waals surface area contributed by atoms with Crippen molar-refractivity contribution in [3.8, 4) is 0 Å². The Bertz CT molecular complexity index is 666. The predicted molar refractivity (Wildman–Crippen MR) is 81.7 cm³/mol. The SMILES string of the molecule is Cc1ncsc1CNS(=O)(=O)c1ccc(CCCl)cc1. The van der Waals surface area contributed by atoms with E-state index in [0.29, 0.717) is 5.88 Å². The fourth-order valence-corrected chi connectivity index (χ4v) is 3.71. The van der Waals surface area contributed by atoms with Crippen LogP contribution in [0.2, 0.25) is 0 Å². The molecule has 0 aliphatic carbocycles. The number of aromatic nitrogens is 1. The van der Waals surface area contributed by atoms with Gasteiger partial charge in [0.25, 0.3) is 0 Å². The van der Waals surface area contributed by atoms with Crippen LogP contribution in [0.25, 0.3) is 0 Å². The molecule has 0 aliphatic heterocycles. The number of sulfonamides is 1. The van der Waals surface area contributed by atoms with E-state index in [0.717, 1.165) is 22.6 Å². The molecule has 108 valence electrons. The van der Waals surface area contributed by atoms with E-state index in [2.05, 4.69) is 9.71 Å². The first-order valence-electron chi connectivity index (χ1n) is 6.06. The van der Waals surface area contributed by atoms with Gasteiger partial charge in [0, 0.05) is 17.3 Å². The summed E-state index contributed by atoms with van der Waals surface area (Å²) in [5.41, 5.74) is 3.59. The number of alkyl halides is 1. The Kier molecular flexibility index (Phi) is 5.15. The quantitative estimate of drug-likeness (QED) is 0.828. The highest BCUT2D eigenvalue weighted by molar-refractivity contribution is 7.89. The lowest BCUT2D eigenvalue weighted by atomic mass is 10.2. The Hall–Kier alpha value is -0.950. The van der Waals surface area contributed by atoms with Crippen molar-refractivity contribution in [3.63, 3.8) is 0 Å². The van der Waals surface area contributed by atoms with Crippen LogP contribution in [0.1, 0.15) is 16.1 Å². The maximum absolute atomic E-state index is 12.2. The fraction of sp³-hybridized carbons (Fsp3) is 0.308. The van der Waals surface area contributed by atoms with Crippen molar-refractivity contribution in [1.82, 2.24) is 9.71 Å². The monoisotopic (exact) mass is 330 g/mol.